The van der Waals surface area contributed by atoms with Gasteiger partial charge in [0.25, 0.3) is 5.91 Å². The minimum atomic E-state index is 0.0767. The first-order chi connectivity index (χ1) is 13.9. The highest BCUT2D eigenvalue weighted by atomic mass is 16.2. The fraction of sp³-hybridized carbons (Fsp3) is 0.500. The Labute approximate surface area is 175 Å². The monoisotopic (exact) mass is 394 g/mol. The van der Waals surface area contributed by atoms with Gasteiger partial charge < -0.3 is 10.2 Å². The molecule has 0 saturated carbocycles. The second-order valence-corrected chi connectivity index (χ2v) is 8.58. The zero-order chi connectivity index (χ0) is 20.8. The molecule has 156 valence electrons. The fourth-order valence-electron chi connectivity index (χ4n) is 3.90. The van der Waals surface area contributed by atoms with Gasteiger partial charge in [0.15, 0.2) is 0 Å². The zero-order valence-corrected chi connectivity index (χ0v) is 18.2. The van der Waals surface area contributed by atoms with E-state index in [0.717, 1.165) is 39.1 Å². The number of aromatic nitrogens is 1. The maximum atomic E-state index is 13.3. The standard InChI is InChI=1S/C24H34N4O/c1-18(2)10-12-26-23-22(9-6-11-25-23)24(29)28-14-13-27(16-20(28)4)17-21-8-5-7-19(3)15-21/h5-9,11,15,18,20H,10,12-14,16-17H2,1-4H3,(H,25,26)/t20-/m1/s1. The van der Waals surface area contributed by atoms with E-state index in [2.05, 4.69) is 67.2 Å². The first-order valence-corrected chi connectivity index (χ1v) is 10.7. The van der Waals surface area contributed by atoms with Gasteiger partial charge in [-0.25, -0.2) is 4.98 Å². The molecule has 5 nitrogen and oxygen atoms in total. The van der Waals surface area contributed by atoms with E-state index in [-0.39, 0.29) is 11.9 Å². The van der Waals surface area contributed by atoms with Crippen LogP contribution in [0.15, 0.2) is 42.6 Å². The average molecular weight is 395 g/mol. The molecule has 1 aliphatic rings. The van der Waals surface area contributed by atoms with Crippen molar-refractivity contribution in [2.45, 2.75) is 46.7 Å². The highest BCUT2D eigenvalue weighted by Crippen LogP contribution is 2.20. The van der Waals surface area contributed by atoms with Crippen LogP contribution in [0.2, 0.25) is 0 Å². The van der Waals surface area contributed by atoms with E-state index in [0.29, 0.717) is 17.3 Å². The fourth-order valence-corrected chi connectivity index (χ4v) is 3.90. The third-order valence-electron chi connectivity index (χ3n) is 5.51. The Kier molecular flexibility index (Phi) is 7.26. The average Bonchev–Trinajstić information content (AvgIpc) is 2.68. The lowest BCUT2D eigenvalue weighted by Crippen LogP contribution is -2.53. The second kappa shape index (κ2) is 9.88. The summed E-state index contributed by atoms with van der Waals surface area (Å²) in [4.78, 5) is 22.1. The van der Waals surface area contributed by atoms with Crippen molar-refractivity contribution in [3.05, 3.63) is 59.3 Å². The molecular formula is C24H34N4O. The number of hydrogen-bond donors (Lipinski definition) is 1. The maximum absolute atomic E-state index is 13.3. The first-order valence-electron chi connectivity index (χ1n) is 10.7. The van der Waals surface area contributed by atoms with Crippen LogP contribution in [0.25, 0.3) is 0 Å². The number of nitrogens with zero attached hydrogens (tertiary/aromatic N) is 3. The zero-order valence-electron chi connectivity index (χ0n) is 18.2. The Morgan fingerprint density at radius 3 is 2.79 bits per heavy atom. The van der Waals surface area contributed by atoms with Gasteiger partial charge in [-0.15, -0.1) is 0 Å². The van der Waals surface area contributed by atoms with E-state index in [1.54, 1.807) is 6.20 Å². The van der Waals surface area contributed by atoms with Gasteiger partial charge in [0, 0.05) is 45.0 Å². The number of pyridine rings is 1. The smallest absolute Gasteiger partial charge is 0.257 e. The van der Waals surface area contributed by atoms with Crippen molar-refractivity contribution in [3.63, 3.8) is 0 Å². The molecule has 2 heterocycles. The van der Waals surface area contributed by atoms with Crippen LogP contribution in [-0.2, 0) is 6.54 Å². The molecule has 29 heavy (non-hydrogen) atoms. The Morgan fingerprint density at radius 2 is 2.07 bits per heavy atom. The van der Waals surface area contributed by atoms with Gasteiger partial charge in [-0.2, -0.15) is 0 Å². The van der Waals surface area contributed by atoms with E-state index < -0.39 is 0 Å². The third-order valence-corrected chi connectivity index (χ3v) is 5.51. The highest BCUT2D eigenvalue weighted by Gasteiger charge is 2.29. The van der Waals surface area contributed by atoms with Gasteiger partial charge in [0.1, 0.15) is 5.82 Å². The van der Waals surface area contributed by atoms with Crippen molar-refractivity contribution < 1.29 is 4.79 Å². The third kappa shape index (κ3) is 5.80. The summed E-state index contributed by atoms with van der Waals surface area (Å²) < 4.78 is 0. The number of nitrogens with one attached hydrogen (secondary N) is 1. The predicted molar refractivity (Wildman–Crippen MR) is 119 cm³/mol. The summed E-state index contributed by atoms with van der Waals surface area (Å²) in [6.07, 6.45) is 2.80. The molecule has 0 bridgehead atoms. The number of benzene rings is 1. The Balaban J connectivity index is 1.62. The molecule has 1 aromatic heterocycles. The molecule has 1 aromatic carbocycles. The topological polar surface area (TPSA) is 48.5 Å². The molecule has 1 fully saturated rings. The van der Waals surface area contributed by atoms with Crippen molar-refractivity contribution >= 4 is 11.7 Å². The van der Waals surface area contributed by atoms with Crippen molar-refractivity contribution in [2.75, 3.05) is 31.5 Å². The second-order valence-electron chi connectivity index (χ2n) is 8.58. The van der Waals surface area contributed by atoms with Gasteiger partial charge in [-0.3, -0.25) is 9.69 Å². The Hall–Kier alpha value is -2.40. The molecule has 1 atom stereocenters. The van der Waals surface area contributed by atoms with Gasteiger partial charge in [-0.05, 0) is 43.9 Å². The predicted octanol–water partition coefficient (Wildman–Crippen LogP) is 4.19. The maximum Gasteiger partial charge on any atom is 0.257 e. The molecule has 2 aromatic rings. The van der Waals surface area contributed by atoms with Crippen molar-refractivity contribution in [1.82, 2.24) is 14.8 Å². The van der Waals surface area contributed by atoms with Crippen LogP contribution in [0.1, 0.15) is 48.7 Å². The summed E-state index contributed by atoms with van der Waals surface area (Å²) in [6.45, 7) is 12.9. The lowest BCUT2D eigenvalue weighted by atomic mass is 10.1. The summed E-state index contributed by atoms with van der Waals surface area (Å²) in [5.74, 6) is 1.40. The Morgan fingerprint density at radius 1 is 1.24 bits per heavy atom. The quantitative estimate of drug-likeness (QED) is 0.765. The SMILES string of the molecule is Cc1cccc(CN2CCN(C(=O)c3cccnc3NCCC(C)C)[C@H](C)C2)c1. The van der Waals surface area contributed by atoms with Gasteiger partial charge >= 0.3 is 0 Å². The number of aryl methyl sites for hydroxylation is 1. The Bertz CT molecular complexity index is 820. The molecule has 1 N–H and O–H groups in total. The van der Waals surface area contributed by atoms with Crippen molar-refractivity contribution in [2.24, 2.45) is 5.92 Å². The summed E-state index contributed by atoms with van der Waals surface area (Å²) in [6, 6.07) is 12.6. The summed E-state index contributed by atoms with van der Waals surface area (Å²) >= 11 is 0. The summed E-state index contributed by atoms with van der Waals surface area (Å²) in [5, 5.41) is 3.36. The van der Waals surface area contributed by atoms with E-state index in [1.165, 1.54) is 11.1 Å². The lowest BCUT2D eigenvalue weighted by Gasteiger charge is -2.40. The molecule has 1 saturated heterocycles. The lowest BCUT2D eigenvalue weighted by molar-refractivity contribution is 0.0476. The van der Waals surface area contributed by atoms with Crippen LogP contribution in [0.4, 0.5) is 5.82 Å². The number of rotatable bonds is 7. The van der Waals surface area contributed by atoms with Crippen LogP contribution < -0.4 is 5.32 Å². The normalized spacial score (nSPS) is 17.6. The minimum absolute atomic E-state index is 0.0767. The first kappa shape index (κ1) is 21.3. The molecule has 0 unspecified atom stereocenters. The van der Waals surface area contributed by atoms with E-state index in [1.807, 2.05) is 17.0 Å². The molecule has 0 spiro atoms. The van der Waals surface area contributed by atoms with E-state index >= 15 is 0 Å². The summed E-state index contributed by atoms with van der Waals surface area (Å²) in [5.41, 5.74) is 3.30. The molecule has 1 aliphatic heterocycles. The van der Waals surface area contributed by atoms with Crippen molar-refractivity contribution in [3.8, 4) is 0 Å². The number of carbonyl (C=O) groups excluding carboxylic acids is 1. The number of piperazine rings is 1. The van der Waals surface area contributed by atoms with Gasteiger partial charge in [-0.1, -0.05) is 43.7 Å². The molecule has 0 radical (unpaired) electrons. The molecular weight excluding hydrogens is 360 g/mol. The number of carbonyl (C=O) groups is 1. The number of hydrogen-bond acceptors (Lipinski definition) is 4. The largest absolute Gasteiger partial charge is 0.369 e. The highest BCUT2D eigenvalue weighted by molar-refractivity contribution is 5.99. The van der Waals surface area contributed by atoms with E-state index in [4.69, 9.17) is 0 Å². The van der Waals surface area contributed by atoms with Crippen LogP contribution in [-0.4, -0.2) is 52.9 Å². The minimum Gasteiger partial charge on any atom is -0.369 e. The van der Waals surface area contributed by atoms with Crippen LogP contribution in [0.3, 0.4) is 0 Å². The molecule has 3 rings (SSSR count). The van der Waals surface area contributed by atoms with Crippen molar-refractivity contribution in [1.29, 1.82) is 0 Å². The van der Waals surface area contributed by atoms with Crippen LogP contribution in [0, 0.1) is 12.8 Å². The molecule has 5 heteroatoms. The molecule has 0 aliphatic carbocycles. The number of anilines is 1. The van der Waals surface area contributed by atoms with Gasteiger partial charge in [0.2, 0.25) is 0 Å². The van der Waals surface area contributed by atoms with Gasteiger partial charge in [0.05, 0.1) is 5.56 Å². The number of amides is 1. The van der Waals surface area contributed by atoms with Crippen LogP contribution in [0.5, 0.6) is 0 Å². The molecule has 1 amide bonds. The van der Waals surface area contributed by atoms with E-state index in [9.17, 15) is 4.79 Å². The summed E-state index contributed by atoms with van der Waals surface area (Å²) in [7, 11) is 0. The van der Waals surface area contributed by atoms with Crippen LogP contribution >= 0.6 is 0 Å².